The number of rotatable bonds is 4. The van der Waals surface area contributed by atoms with Crippen LogP contribution in [0.15, 0.2) is 0 Å². The molecule has 0 saturated carbocycles. The van der Waals surface area contributed by atoms with Crippen molar-refractivity contribution in [2.24, 2.45) is 5.92 Å². The fourth-order valence-corrected chi connectivity index (χ4v) is 1.79. The number of amides is 2. The first-order valence-electron chi connectivity index (χ1n) is 5.90. The summed E-state index contributed by atoms with van der Waals surface area (Å²) in [7, 11) is 1.58. The zero-order valence-electron chi connectivity index (χ0n) is 10.7. The molecule has 1 aliphatic heterocycles. The third kappa shape index (κ3) is 3.69. The summed E-state index contributed by atoms with van der Waals surface area (Å²) in [5, 5.41) is 11.3. The second-order valence-corrected chi connectivity index (χ2v) is 4.33. The summed E-state index contributed by atoms with van der Waals surface area (Å²) in [4.78, 5) is 37.2. The number of likely N-dealkylation sites (N-methyl/N-ethyl adjacent to an activating group) is 1. The molecule has 0 radical (unpaired) electrons. The average Bonchev–Trinajstić information content (AvgIpc) is 2.37. The van der Waals surface area contributed by atoms with E-state index in [1.807, 2.05) is 4.90 Å². The van der Waals surface area contributed by atoms with Crippen LogP contribution >= 0.6 is 0 Å². The van der Waals surface area contributed by atoms with Gasteiger partial charge < -0.3 is 15.3 Å². The monoisotopic (exact) mass is 257 g/mol. The summed E-state index contributed by atoms with van der Waals surface area (Å²) in [6.45, 7) is 3.81. The van der Waals surface area contributed by atoms with Crippen LogP contribution in [0.4, 0.5) is 0 Å². The topological polar surface area (TPSA) is 90.0 Å². The Hall–Kier alpha value is -1.63. The predicted molar refractivity (Wildman–Crippen MR) is 63.9 cm³/mol. The number of nitrogens with one attached hydrogen (secondary N) is 1. The van der Waals surface area contributed by atoms with Crippen LogP contribution in [0.2, 0.25) is 0 Å². The quantitative estimate of drug-likeness (QED) is 0.604. The first-order valence-corrected chi connectivity index (χ1v) is 5.90. The van der Waals surface area contributed by atoms with E-state index in [4.69, 9.17) is 5.11 Å². The minimum Gasteiger partial charge on any atom is -0.481 e. The lowest BCUT2D eigenvalue weighted by Gasteiger charge is -2.34. The molecular weight excluding hydrogens is 238 g/mol. The minimum atomic E-state index is -1.10. The van der Waals surface area contributed by atoms with Crippen molar-refractivity contribution in [2.75, 3.05) is 39.8 Å². The maximum atomic E-state index is 11.8. The van der Waals surface area contributed by atoms with Crippen molar-refractivity contribution in [1.82, 2.24) is 15.1 Å². The summed E-state index contributed by atoms with van der Waals surface area (Å²) in [6.07, 6.45) is 0. The highest BCUT2D eigenvalue weighted by atomic mass is 16.4. The molecule has 0 aliphatic carbocycles. The molecule has 0 bridgehead atoms. The summed E-state index contributed by atoms with van der Waals surface area (Å²) in [5.41, 5.74) is 0. The molecule has 0 aromatic rings. The maximum Gasteiger partial charge on any atom is 0.315 e. The van der Waals surface area contributed by atoms with Gasteiger partial charge in [0.2, 0.25) is 11.8 Å². The molecule has 102 valence electrons. The molecule has 7 heteroatoms. The lowest BCUT2D eigenvalue weighted by Crippen LogP contribution is -2.52. The van der Waals surface area contributed by atoms with Crippen molar-refractivity contribution in [1.29, 1.82) is 0 Å². The maximum absolute atomic E-state index is 11.8. The highest BCUT2D eigenvalue weighted by Crippen LogP contribution is 2.07. The molecule has 1 unspecified atom stereocenters. The summed E-state index contributed by atoms with van der Waals surface area (Å²) in [6, 6.07) is 0. The van der Waals surface area contributed by atoms with Gasteiger partial charge in [0.15, 0.2) is 0 Å². The van der Waals surface area contributed by atoms with E-state index >= 15 is 0 Å². The van der Waals surface area contributed by atoms with Crippen molar-refractivity contribution in [2.45, 2.75) is 6.92 Å². The number of carboxylic acids is 1. The van der Waals surface area contributed by atoms with Crippen molar-refractivity contribution in [3.05, 3.63) is 0 Å². The van der Waals surface area contributed by atoms with Gasteiger partial charge in [-0.3, -0.25) is 19.3 Å². The zero-order valence-corrected chi connectivity index (χ0v) is 10.7. The van der Waals surface area contributed by atoms with Gasteiger partial charge in [0.1, 0.15) is 5.92 Å². The number of nitrogens with zero attached hydrogens (tertiary/aromatic N) is 2. The Balaban J connectivity index is 2.42. The summed E-state index contributed by atoms with van der Waals surface area (Å²) < 4.78 is 0. The molecule has 7 nitrogen and oxygen atoms in total. The highest BCUT2D eigenvalue weighted by molar-refractivity contribution is 5.96. The SMILES string of the molecule is CNC(=O)CN1CCN(C(=O)C(C)C(=O)O)CC1. The Morgan fingerprint density at radius 3 is 2.22 bits per heavy atom. The van der Waals surface area contributed by atoms with Gasteiger partial charge in [0.25, 0.3) is 0 Å². The molecule has 1 saturated heterocycles. The van der Waals surface area contributed by atoms with Gasteiger partial charge in [0.05, 0.1) is 6.54 Å². The van der Waals surface area contributed by atoms with Gasteiger partial charge >= 0.3 is 5.97 Å². The van der Waals surface area contributed by atoms with Gasteiger partial charge in [-0.05, 0) is 6.92 Å². The number of piperazine rings is 1. The molecule has 0 spiro atoms. The number of hydrogen-bond donors (Lipinski definition) is 2. The largest absolute Gasteiger partial charge is 0.481 e. The third-order valence-corrected chi connectivity index (χ3v) is 3.07. The van der Waals surface area contributed by atoms with E-state index in [0.29, 0.717) is 32.7 Å². The fourth-order valence-electron chi connectivity index (χ4n) is 1.79. The average molecular weight is 257 g/mol. The number of carbonyl (C=O) groups is 3. The lowest BCUT2D eigenvalue weighted by atomic mass is 10.1. The molecule has 0 aromatic heterocycles. The van der Waals surface area contributed by atoms with Crippen LogP contribution in [0.1, 0.15) is 6.92 Å². The highest BCUT2D eigenvalue weighted by Gasteiger charge is 2.28. The molecular formula is C11H19N3O4. The van der Waals surface area contributed by atoms with E-state index in [2.05, 4.69) is 5.32 Å². The van der Waals surface area contributed by atoms with E-state index in [1.54, 1.807) is 11.9 Å². The van der Waals surface area contributed by atoms with Crippen molar-refractivity contribution in [3.8, 4) is 0 Å². The van der Waals surface area contributed by atoms with E-state index < -0.39 is 11.9 Å². The van der Waals surface area contributed by atoms with Crippen LogP contribution in [-0.4, -0.2) is 72.5 Å². The van der Waals surface area contributed by atoms with Crippen LogP contribution < -0.4 is 5.32 Å². The van der Waals surface area contributed by atoms with Gasteiger partial charge in [-0.25, -0.2) is 0 Å². The van der Waals surface area contributed by atoms with E-state index in [0.717, 1.165) is 0 Å². The van der Waals surface area contributed by atoms with E-state index in [-0.39, 0.29) is 11.8 Å². The number of carboxylic acid groups (broad SMARTS) is 1. The normalized spacial score (nSPS) is 18.2. The third-order valence-electron chi connectivity index (χ3n) is 3.07. The molecule has 1 atom stereocenters. The lowest BCUT2D eigenvalue weighted by molar-refractivity contribution is -0.151. The van der Waals surface area contributed by atoms with E-state index in [9.17, 15) is 14.4 Å². The minimum absolute atomic E-state index is 0.0614. The Morgan fingerprint density at radius 2 is 1.78 bits per heavy atom. The molecule has 18 heavy (non-hydrogen) atoms. The predicted octanol–water partition coefficient (Wildman–Crippen LogP) is -1.40. The van der Waals surface area contributed by atoms with E-state index in [1.165, 1.54) is 6.92 Å². The van der Waals surface area contributed by atoms with Gasteiger partial charge in [-0.15, -0.1) is 0 Å². The van der Waals surface area contributed by atoms with Crippen molar-refractivity contribution in [3.63, 3.8) is 0 Å². The first-order chi connectivity index (χ1) is 8.45. The Morgan fingerprint density at radius 1 is 1.22 bits per heavy atom. The molecule has 1 rings (SSSR count). The molecule has 2 amide bonds. The fraction of sp³-hybridized carbons (Fsp3) is 0.727. The van der Waals surface area contributed by atoms with Crippen LogP contribution in [0, 0.1) is 5.92 Å². The second kappa shape index (κ2) is 6.34. The number of aliphatic carboxylic acids is 1. The molecule has 2 N–H and O–H groups in total. The Labute approximate surface area is 106 Å². The first kappa shape index (κ1) is 14.4. The van der Waals surface area contributed by atoms with Crippen LogP contribution in [0.25, 0.3) is 0 Å². The summed E-state index contributed by atoms with van der Waals surface area (Å²) in [5.74, 6) is -2.53. The second-order valence-electron chi connectivity index (χ2n) is 4.33. The molecule has 1 fully saturated rings. The molecule has 1 heterocycles. The zero-order chi connectivity index (χ0) is 13.7. The number of carbonyl (C=O) groups excluding carboxylic acids is 2. The smallest absolute Gasteiger partial charge is 0.315 e. The number of hydrogen-bond acceptors (Lipinski definition) is 4. The Kier molecular flexibility index (Phi) is 5.08. The summed E-state index contributed by atoms with van der Waals surface area (Å²) >= 11 is 0. The van der Waals surface area contributed by atoms with Gasteiger partial charge in [0, 0.05) is 33.2 Å². The molecule has 0 aromatic carbocycles. The van der Waals surface area contributed by atoms with Crippen LogP contribution in [-0.2, 0) is 14.4 Å². The van der Waals surface area contributed by atoms with Crippen LogP contribution in [0.3, 0.4) is 0 Å². The van der Waals surface area contributed by atoms with Crippen molar-refractivity contribution < 1.29 is 19.5 Å². The van der Waals surface area contributed by atoms with Gasteiger partial charge in [-0.1, -0.05) is 0 Å². The molecule has 1 aliphatic rings. The Bertz CT molecular complexity index is 337. The van der Waals surface area contributed by atoms with Crippen molar-refractivity contribution >= 4 is 17.8 Å². The van der Waals surface area contributed by atoms with Gasteiger partial charge in [-0.2, -0.15) is 0 Å². The van der Waals surface area contributed by atoms with Crippen LogP contribution in [0.5, 0.6) is 0 Å². The standard InChI is InChI=1S/C11H19N3O4/c1-8(11(17)18)10(16)14-5-3-13(4-6-14)7-9(15)12-2/h8H,3-7H2,1-2H3,(H,12,15)(H,17,18).